The number of rotatable bonds is 3. The fraction of sp³-hybridized carbons (Fsp3) is 0. The highest BCUT2D eigenvalue weighted by atomic mass is 32.1. The van der Waals surface area contributed by atoms with Crippen LogP contribution in [0.5, 0.6) is 0 Å². The number of nitrogens with one attached hydrogen (secondary N) is 1. The Balaban J connectivity index is 2.11. The van der Waals surface area contributed by atoms with E-state index in [-0.39, 0.29) is 11.4 Å². The molecule has 0 radical (unpaired) electrons. The normalized spacial score (nSPS) is 10.4. The molecule has 5 nitrogen and oxygen atoms in total. The highest BCUT2D eigenvalue weighted by Crippen LogP contribution is 2.38. The Labute approximate surface area is 128 Å². The number of anilines is 2. The maximum Gasteiger partial charge on any atom is 0.295 e. The third-order valence-electron chi connectivity index (χ3n) is 3.11. The van der Waals surface area contributed by atoms with Crippen LogP contribution in [0.25, 0.3) is 10.1 Å². The lowest BCUT2D eigenvalue weighted by molar-refractivity contribution is -0.384. The maximum absolute atomic E-state index is 13.2. The van der Waals surface area contributed by atoms with Gasteiger partial charge in [0.25, 0.3) is 5.69 Å². The van der Waals surface area contributed by atoms with Gasteiger partial charge in [0.1, 0.15) is 22.6 Å². The zero-order chi connectivity index (χ0) is 15.7. The van der Waals surface area contributed by atoms with Crippen LogP contribution < -0.4 is 5.32 Å². The summed E-state index contributed by atoms with van der Waals surface area (Å²) in [7, 11) is 0. The van der Waals surface area contributed by atoms with Crippen LogP contribution in [0.2, 0.25) is 0 Å². The fourth-order valence-corrected chi connectivity index (χ4v) is 3.19. The van der Waals surface area contributed by atoms with Gasteiger partial charge in [0.15, 0.2) is 0 Å². The van der Waals surface area contributed by atoms with Gasteiger partial charge in [-0.05, 0) is 18.2 Å². The topological polar surface area (TPSA) is 79.0 Å². The third kappa shape index (κ3) is 2.36. The van der Waals surface area contributed by atoms with E-state index in [1.807, 2.05) is 24.3 Å². The van der Waals surface area contributed by atoms with E-state index in [9.17, 15) is 19.8 Å². The van der Waals surface area contributed by atoms with Gasteiger partial charge in [0, 0.05) is 10.1 Å². The molecule has 1 N–H and O–H groups in total. The largest absolute Gasteiger partial charge is 0.341 e. The first-order chi connectivity index (χ1) is 10.6. The van der Waals surface area contributed by atoms with Crippen LogP contribution in [0, 0.1) is 27.3 Å². The number of fused-ring (bicyclic) bond motifs is 1. The van der Waals surface area contributed by atoms with Crippen LogP contribution in [0.3, 0.4) is 0 Å². The van der Waals surface area contributed by atoms with Crippen molar-refractivity contribution in [1.29, 1.82) is 5.26 Å². The van der Waals surface area contributed by atoms with E-state index in [2.05, 4.69) is 11.4 Å². The van der Waals surface area contributed by atoms with Crippen molar-refractivity contribution >= 4 is 37.8 Å². The van der Waals surface area contributed by atoms with E-state index in [1.54, 1.807) is 0 Å². The second kappa shape index (κ2) is 5.42. The number of nitro groups is 1. The van der Waals surface area contributed by atoms with E-state index in [1.165, 1.54) is 17.4 Å². The average Bonchev–Trinajstić information content (AvgIpc) is 2.85. The lowest BCUT2D eigenvalue weighted by Crippen LogP contribution is -1.97. The minimum Gasteiger partial charge on any atom is -0.341 e. The third-order valence-corrected chi connectivity index (χ3v) is 4.20. The zero-order valence-electron chi connectivity index (χ0n) is 11.0. The van der Waals surface area contributed by atoms with Gasteiger partial charge in [-0.1, -0.05) is 18.2 Å². The predicted molar refractivity (Wildman–Crippen MR) is 82.9 cm³/mol. The van der Waals surface area contributed by atoms with E-state index in [0.717, 1.165) is 22.2 Å². The molecule has 7 heteroatoms. The molecule has 0 saturated carbocycles. The van der Waals surface area contributed by atoms with Crippen molar-refractivity contribution < 1.29 is 9.31 Å². The minimum absolute atomic E-state index is 0.148. The van der Waals surface area contributed by atoms with E-state index in [4.69, 9.17) is 0 Å². The molecule has 108 valence electrons. The molecule has 0 unspecified atom stereocenters. The number of thiophene rings is 1. The van der Waals surface area contributed by atoms with Crippen LogP contribution in [0.1, 0.15) is 5.56 Å². The highest BCUT2D eigenvalue weighted by Gasteiger charge is 2.18. The molecule has 2 aromatic carbocycles. The zero-order valence-corrected chi connectivity index (χ0v) is 11.9. The molecule has 0 fully saturated rings. The number of halogens is 1. The summed E-state index contributed by atoms with van der Waals surface area (Å²) >= 11 is 1.32. The summed E-state index contributed by atoms with van der Waals surface area (Å²) in [6.07, 6.45) is 0. The van der Waals surface area contributed by atoms with Crippen LogP contribution in [0.15, 0.2) is 42.5 Å². The van der Waals surface area contributed by atoms with Gasteiger partial charge in [0.05, 0.1) is 16.6 Å². The summed E-state index contributed by atoms with van der Waals surface area (Å²) in [5.74, 6) is -0.686. The monoisotopic (exact) mass is 313 g/mol. The van der Waals surface area contributed by atoms with Crippen molar-refractivity contribution in [2.75, 3.05) is 5.32 Å². The fourth-order valence-electron chi connectivity index (χ4n) is 2.13. The van der Waals surface area contributed by atoms with Crippen molar-refractivity contribution in [3.8, 4) is 6.07 Å². The Kier molecular flexibility index (Phi) is 3.45. The summed E-state index contributed by atoms with van der Waals surface area (Å²) in [5.41, 5.74) is 0.190. The van der Waals surface area contributed by atoms with Gasteiger partial charge in [0.2, 0.25) is 0 Å². The molecule has 0 saturated heterocycles. The molecule has 1 aromatic heterocycles. The first kappa shape index (κ1) is 14.0. The second-order valence-corrected chi connectivity index (χ2v) is 5.51. The molecule has 3 aromatic rings. The van der Waals surface area contributed by atoms with Gasteiger partial charge >= 0.3 is 0 Å². The molecule has 0 bridgehead atoms. The van der Waals surface area contributed by atoms with Gasteiger partial charge < -0.3 is 5.32 Å². The second-order valence-electron chi connectivity index (χ2n) is 4.46. The van der Waals surface area contributed by atoms with Gasteiger partial charge in [-0.15, -0.1) is 11.3 Å². The highest BCUT2D eigenvalue weighted by molar-refractivity contribution is 7.23. The summed E-state index contributed by atoms with van der Waals surface area (Å²) in [6.45, 7) is 0. The molecule has 0 aliphatic carbocycles. The number of nitriles is 1. The van der Waals surface area contributed by atoms with E-state index < -0.39 is 10.7 Å². The number of benzene rings is 2. The molecule has 0 spiro atoms. The van der Waals surface area contributed by atoms with Crippen molar-refractivity contribution in [3.63, 3.8) is 0 Å². The number of hydrogen-bond donors (Lipinski definition) is 1. The Hall–Kier alpha value is -2.98. The smallest absolute Gasteiger partial charge is 0.295 e. The lowest BCUT2D eigenvalue weighted by atomic mass is 10.2. The number of nitro benzene ring substituents is 1. The van der Waals surface area contributed by atoms with Crippen LogP contribution >= 0.6 is 11.3 Å². The number of hydrogen-bond acceptors (Lipinski definition) is 5. The Morgan fingerprint density at radius 2 is 2.05 bits per heavy atom. The van der Waals surface area contributed by atoms with Gasteiger partial charge in [-0.2, -0.15) is 5.26 Å². The number of nitrogens with zero attached hydrogens (tertiary/aromatic N) is 2. The van der Waals surface area contributed by atoms with Crippen LogP contribution in [0.4, 0.5) is 20.8 Å². The van der Waals surface area contributed by atoms with Gasteiger partial charge in [-0.3, -0.25) is 10.1 Å². The van der Waals surface area contributed by atoms with E-state index >= 15 is 0 Å². The standard InChI is InChI=1S/C15H8FN3O2S/c16-9-5-6-12(13(7-9)19(20)21)18-15-11(8-17)10-3-1-2-4-14(10)22-15/h1-7,18H. The summed E-state index contributed by atoms with van der Waals surface area (Å²) < 4.78 is 14.1. The molecule has 0 atom stereocenters. The molecule has 1 heterocycles. The Morgan fingerprint density at radius 3 is 2.77 bits per heavy atom. The summed E-state index contributed by atoms with van der Waals surface area (Å²) in [5, 5.41) is 24.5. The van der Waals surface area contributed by atoms with Gasteiger partial charge in [-0.25, -0.2) is 4.39 Å². The Morgan fingerprint density at radius 1 is 1.27 bits per heavy atom. The molecule has 0 amide bonds. The SMILES string of the molecule is N#Cc1c(Nc2ccc(F)cc2[N+](=O)[O-])sc2ccccc12. The lowest BCUT2D eigenvalue weighted by Gasteiger charge is -2.05. The first-order valence-electron chi connectivity index (χ1n) is 6.22. The molecule has 3 rings (SSSR count). The molecule has 0 aliphatic rings. The summed E-state index contributed by atoms with van der Waals surface area (Å²) in [4.78, 5) is 10.4. The molecular formula is C15H8FN3O2S. The van der Waals surface area contributed by atoms with Crippen molar-refractivity contribution in [2.45, 2.75) is 0 Å². The predicted octanol–water partition coefficient (Wildman–Crippen LogP) is 4.56. The Bertz CT molecular complexity index is 930. The minimum atomic E-state index is -0.686. The van der Waals surface area contributed by atoms with Crippen molar-refractivity contribution in [1.82, 2.24) is 0 Å². The van der Waals surface area contributed by atoms with Crippen molar-refractivity contribution in [2.24, 2.45) is 0 Å². The average molecular weight is 313 g/mol. The molecule has 0 aliphatic heterocycles. The molecule has 22 heavy (non-hydrogen) atoms. The van der Waals surface area contributed by atoms with Crippen LogP contribution in [-0.4, -0.2) is 4.92 Å². The summed E-state index contributed by atoms with van der Waals surface area (Å²) in [6, 6.07) is 12.7. The quantitative estimate of drug-likeness (QED) is 0.567. The maximum atomic E-state index is 13.2. The first-order valence-corrected chi connectivity index (χ1v) is 7.04. The van der Waals surface area contributed by atoms with Crippen LogP contribution in [-0.2, 0) is 0 Å². The van der Waals surface area contributed by atoms with E-state index in [0.29, 0.717) is 10.6 Å². The van der Waals surface area contributed by atoms with Crippen molar-refractivity contribution in [3.05, 3.63) is 64.0 Å². The molecular weight excluding hydrogens is 305 g/mol.